The summed E-state index contributed by atoms with van der Waals surface area (Å²) in [5.41, 5.74) is 1.98. The van der Waals surface area contributed by atoms with E-state index >= 15 is 0 Å². The second-order valence-electron chi connectivity index (χ2n) is 3.85. The normalized spacial score (nSPS) is 21.1. The zero-order valence-electron chi connectivity index (χ0n) is 8.40. The average molecular weight is 187 g/mol. The molecule has 14 heavy (non-hydrogen) atoms. The Bertz CT molecular complexity index is 377. The fourth-order valence-corrected chi connectivity index (χ4v) is 1.36. The third kappa shape index (κ3) is 1.69. The van der Waals surface area contributed by atoms with Gasteiger partial charge in [-0.15, -0.1) is 0 Å². The fourth-order valence-electron chi connectivity index (χ4n) is 1.36. The summed E-state index contributed by atoms with van der Waals surface area (Å²) >= 11 is 0. The Labute approximate surface area is 83.9 Å². The van der Waals surface area contributed by atoms with E-state index in [1.54, 1.807) is 6.21 Å². The number of rotatable bonds is 1. The first-order valence-corrected chi connectivity index (χ1v) is 4.67. The van der Waals surface area contributed by atoms with Crippen LogP contribution in [0.2, 0.25) is 0 Å². The van der Waals surface area contributed by atoms with Crippen molar-refractivity contribution in [3.8, 4) is 0 Å². The first kappa shape index (κ1) is 9.00. The van der Waals surface area contributed by atoms with Gasteiger partial charge < -0.3 is 4.84 Å². The standard InChI is InChI=1S/C12H13NO/c1-12(2)11(9-13-14-12)8-10-6-4-3-5-7-10/h3-9H,1-2H3. The van der Waals surface area contributed by atoms with Crippen LogP contribution < -0.4 is 0 Å². The van der Waals surface area contributed by atoms with Gasteiger partial charge in [0, 0.05) is 5.57 Å². The number of oxime groups is 1. The monoisotopic (exact) mass is 187 g/mol. The van der Waals surface area contributed by atoms with E-state index in [1.807, 2.05) is 32.0 Å². The lowest BCUT2D eigenvalue weighted by molar-refractivity contribution is 0.0356. The number of hydrogen-bond acceptors (Lipinski definition) is 2. The molecule has 0 fully saturated rings. The van der Waals surface area contributed by atoms with Gasteiger partial charge in [-0.2, -0.15) is 0 Å². The van der Waals surface area contributed by atoms with Crippen molar-refractivity contribution in [1.82, 2.24) is 0 Å². The molecule has 0 spiro atoms. The molecule has 0 saturated carbocycles. The van der Waals surface area contributed by atoms with Gasteiger partial charge in [0.25, 0.3) is 0 Å². The highest BCUT2D eigenvalue weighted by Gasteiger charge is 2.28. The maximum absolute atomic E-state index is 5.23. The van der Waals surface area contributed by atoms with Gasteiger partial charge in [-0.05, 0) is 25.5 Å². The molecule has 0 saturated heterocycles. The third-order valence-electron chi connectivity index (χ3n) is 2.29. The van der Waals surface area contributed by atoms with E-state index in [4.69, 9.17) is 4.84 Å². The summed E-state index contributed by atoms with van der Waals surface area (Å²) in [5, 5.41) is 3.82. The molecule has 0 aromatic heterocycles. The van der Waals surface area contributed by atoms with Crippen molar-refractivity contribution in [2.75, 3.05) is 0 Å². The minimum atomic E-state index is -0.296. The SMILES string of the molecule is CC1(C)ON=CC1=Cc1ccccc1. The van der Waals surface area contributed by atoms with Gasteiger partial charge in [0.05, 0.1) is 6.21 Å². The zero-order valence-corrected chi connectivity index (χ0v) is 8.40. The molecule has 1 aromatic carbocycles. The quantitative estimate of drug-likeness (QED) is 0.662. The molecule has 2 heteroatoms. The molecule has 0 radical (unpaired) electrons. The molecule has 0 atom stereocenters. The van der Waals surface area contributed by atoms with Crippen LogP contribution in [0.4, 0.5) is 0 Å². The smallest absolute Gasteiger partial charge is 0.158 e. The van der Waals surface area contributed by atoms with E-state index in [9.17, 15) is 0 Å². The Morgan fingerprint density at radius 3 is 2.50 bits per heavy atom. The Morgan fingerprint density at radius 1 is 1.21 bits per heavy atom. The van der Waals surface area contributed by atoms with Crippen molar-refractivity contribution in [2.45, 2.75) is 19.4 Å². The molecule has 1 aliphatic rings. The molecular weight excluding hydrogens is 174 g/mol. The van der Waals surface area contributed by atoms with Gasteiger partial charge >= 0.3 is 0 Å². The highest BCUT2D eigenvalue weighted by molar-refractivity contribution is 5.89. The molecule has 72 valence electrons. The van der Waals surface area contributed by atoms with Gasteiger partial charge in [0.15, 0.2) is 5.60 Å². The molecule has 1 heterocycles. The molecule has 2 rings (SSSR count). The summed E-state index contributed by atoms with van der Waals surface area (Å²) in [6.07, 6.45) is 3.86. The van der Waals surface area contributed by atoms with Crippen LogP contribution in [0, 0.1) is 0 Å². The average Bonchev–Trinajstić information content (AvgIpc) is 2.48. The van der Waals surface area contributed by atoms with Crippen molar-refractivity contribution in [2.24, 2.45) is 5.16 Å². The lowest BCUT2D eigenvalue weighted by atomic mass is 9.97. The van der Waals surface area contributed by atoms with Crippen LogP contribution in [-0.2, 0) is 4.84 Å². The summed E-state index contributed by atoms with van der Waals surface area (Å²) in [7, 11) is 0. The molecule has 0 aliphatic carbocycles. The Morgan fingerprint density at radius 2 is 1.93 bits per heavy atom. The molecule has 0 unspecified atom stereocenters. The minimum Gasteiger partial charge on any atom is -0.385 e. The molecule has 2 nitrogen and oxygen atoms in total. The molecule has 0 N–H and O–H groups in total. The molecule has 1 aliphatic heterocycles. The predicted molar refractivity (Wildman–Crippen MR) is 58.1 cm³/mol. The molecule has 1 aromatic rings. The van der Waals surface area contributed by atoms with Crippen molar-refractivity contribution in [3.63, 3.8) is 0 Å². The second kappa shape index (κ2) is 3.29. The highest BCUT2D eigenvalue weighted by Crippen LogP contribution is 2.26. The van der Waals surface area contributed by atoms with Gasteiger partial charge in [-0.3, -0.25) is 0 Å². The maximum Gasteiger partial charge on any atom is 0.158 e. The van der Waals surface area contributed by atoms with Crippen LogP contribution in [0.3, 0.4) is 0 Å². The minimum absolute atomic E-state index is 0.296. The topological polar surface area (TPSA) is 21.6 Å². The predicted octanol–water partition coefficient (Wildman–Crippen LogP) is 2.86. The van der Waals surface area contributed by atoms with E-state index < -0.39 is 0 Å². The zero-order chi connectivity index (χ0) is 10.0. The van der Waals surface area contributed by atoms with Crippen molar-refractivity contribution < 1.29 is 4.84 Å². The summed E-state index contributed by atoms with van der Waals surface area (Å²) in [6, 6.07) is 10.2. The first-order chi connectivity index (χ1) is 6.68. The van der Waals surface area contributed by atoms with Crippen LogP contribution in [0.15, 0.2) is 41.1 Å². The molecular formula is C12H13NO. The highest BCUT2D eigenvalue weighted by atomic mass is 16.7. The van der Waals surface area contributed by atoms with E-state index in [2.05, 4.69) is 23.4 Å². The van der Waals surface area contributed by atoms with Crippen molar-refractivity contribution in [3.05, 3.63) is 41.5 Å². The summed E-state index contributed by atoms with van der Waals surface area (Å²) in [4.78, 5) is 5.23. The van der Waals surface area contributed by atoms with Crippen molar-refractivity contribution >= 4 is 12.3 Å². The van der Waals surface area contributed by atoms with Gasteiger partial charge in [0.2, 0.25) is 0 Å². The summed E-state index contributed by atoms with van der Waals surface area (Å²) < 4.78 is 0. The van der Waals surface area contributed by atoms with Crippen LogP contribution in [-0.4, -0.2) is 11.8 Å². The van der Waals surface area contributed by atoms with E-state index in [0.29, 0.717) is 0 Å². The van der Waals surface area contributed by atoms with Crippen molar-refractivity contribution in [1.29, 1.82) is 0 Å². The van der Waals surface area contributed by atoms with Crippen LogP contribution >= 0.6 is 0 Å². The van der Waals surface area contributed by atoms with Gasteiger partial charge in [-0.25, -0.2) is 0 Å². The Kier molecular flexibility index (Phi) is 2.12. The summed E-state index contributed by atoms with van der Waals surface area (Å²) in [5.74, 6) is 0. The Balaban J connectivity index is 2.32. The van der Waals surface area contributed by atoms with E-state index in [0.717, 1.165) is 5.57 Å². The largest absolute Gasteiger partial charge is 0.385 e. The number of nitrogens with zero attached hydrogens (tertiary/aromatic N) is 1. The second-order valence-corrected chi connectivity index (χ2v) is 3.85. The number of benzene rings is 1. The molecule has 0 bridgehead atoms. The summed E-state index contributed by atoms with van der Waals surface area (Å²) in [6.45, 7) is 4.02. The first-order valence-electron chi connectivity index (χ1n) is 4.67. The van der Waals surface area contributed by atoms with Crippen LogP contribution in [0.1, 0.15) is 19.4 Å². The van der Waals surface area contributed by atoms with Gasteiger partial charge in [-0.1, -0.05) is 35.5 Å². The van der Waals surface area contributed by atoms with Gasteiger partial charge in [0.1, 0.15) is 0 Å². The fraction of sp³-hybridized carbons (Fsp3) is 0.250. The maximum atomic E-state index is 5.23. The third-order valence-corrected chi connectivity index (χ3v) is 2.29. The lowest BCUT2D eigenvalue weighted by Gasteiger charge is -2.16. The van der Waals surface area contributed by atoms with E-state index in [-0.39, 0.29) is 5.60 Å². The number of hydrogen-bond donors (Lipinski definition) is 0. The van der Waals surface area contributed by atoms with Crippen LogP contribution in [0.5, 0.6) is 0 Å². The molecule has 0 amide bonds. The lowest BCUT2D eigenvalue weighted by Crippen LogP contribution is -2.20. The Hall–Kier alpha value is -1.57. The van der Waals surface area contributed by atoms with Crippen LogP contribution in [0.25, 0.3) is 6.08 Å². The van der Waals surface area contributed by atoms with E-state index in [1.165, 1.54) is 5.56 Å².